The third-order valence-corrected chi connectivity index (χ3v) is 6.33. The Morgan fingerprint density at radius 2 is 1.69 bits per heavy atom. The van der Waals surface area contributed by atoms with Crippen LogP contribution in [0.15, 0.2) is 65.6 Å². The highest BCUT2D eigenvalue weighted by Gasteiger charge is 2.19. The number of unbranched alkanes of at least 4 members (excludes halogenated alkanes) is 1. The topological polar surface area (TPSA) is 85.3 Å². The molecule has 3 rings (SSSR count). The minimum atomic E-state index is -3.24. The van der Waals surface area contributed by atoms with Crippen LogP contribution in [0.4, 0.5) is 0 Å². The molecule has 1 unspecified atom stereocenters. The Kier molecular flexibility index (Phi) is 6.57. The standard InChI is InChI=1S/C23H28N2O3S/c1-17-21(22(24)10-6-7-15-26)16-23(25(17)19-8-4-3-5-9-19)18-11-13-20(14-12-18)29(2,27)28/h3-5,8-9,11-14,16,22,26H,6-7,10,15,24H2,1-2H3. The van der Waals surface area contributed by atoms with Crippen LogP contribution in [-0.4, -0.2) is 31.0 Å². The summed E-state index contributed by atoms with van der Waals surface area (Å²) in [7, 11) is -3.24. The molecule has 1 atom stereocenters. The highest BCUT2D eigenvalue weighted by molar-refractivity contribution is 7.90. The summed E-state index contributed by atoms with van der Waals surface area (Å²) in [6.45, 7) is 2.23. The van der Waals surface area contributed by atoms with Crippen molar-refractivity contribution in [2.24, 2.45) is 5.73 Å². The van der Waals surface area contributed by atoms with Crippen molar-refractivity contribution in [1.29, 1.82) is 0 Å². The molecule has 0 aliphatic carbocycles. The zero-order valence-corrected chi connectivity index (χ0v) is 17.7. The zero-order chi connectivity index (χ0) is 21.0. The third kappa shape index (κ3) is 4.78. The van der Waals surface area contributed by atoms with Gasteiger partial charge in [-0.25, -0.2) is 8.42 Å². The van der Waals surface area contributed by atoms with E-state index in [0.29, 0.717) is 4.90 Å². The van der Waals surface area contributed by atoms with E-state index in [9.17, 15) is 8.42 Å². The Hall–Kier alpha value is -2.41. The summed E-state index contributed by atoms with van der Waals surface area (Å²) in [5.74, 6) is 0. The second-order valence-electron chi connectivity index (χ2n) is 7.36. The highest BCUT2D eigenvalue weighted by atomic mass is 32.2. The van der Waals surface area contributed by atoms with Crippen molar-refractivity contribution in [3.63, 3.8) is 0 Å². The van der Waals surface area contributed by atoms with E-state index in [2.05, 4.69) is 17.6 Å². The number of rotatable bonds is 8. The molecule has 0 bridgehead atoms. The molecule has 2 aromatic carbocycles. The summed E-state index contributed by atoms with van der Waals surface area (Å²) >= 11 is 0. The van der Waals surface area contributed by atoms with Crippen LogP contribution in [0.5, 0.6) is 0 Å². The largest absolute Gasteiger partial charge is 0.396 e. The Labute approximate surface area is 172 Å². The van der Waals surface area contributed by atoms with Crippen molar-refractivity contribution in [3.05, 3.63) is 71.9 Å². The fourth-order valence-corrected chi connectivity index (χ4v) is 4.26. The molecule has 1 aromatic heterocycles. The number of hydrogen-bond acceptors (Lipinski definition) is 4. The van der Waals surface area contributed by atoms with Gasteiger partial charge < -0.3 is 15.4 Å². The van der Waals surface area contributed by atoms with Gasteiger partial charge in [0.25, 0.3) is 0 Å². The summed E-state index contributed by atoms with van der Waals surface area (Å²) in [6, 6.07) is 19.0. The molecule has 154 valence electrons. The smallest absolute Gasteiger partial charge is 0.175 e. The third-order valence-electron chi connectivity index (χ3n) is 5.20. The summed E-state index contributed by atoms with van der Waals surface area (Å²) in [5, 5.41) is 9.04. The van der Waals surface area contributed by atoms with E-state index in [1.807, 2.05) is 42.5 Å². The molecule has 1 heterocycles. The molecule has 0 amide bonds. The van der Waals surface area contributed by atoms with Gasteiger partial charge >= 0.3 is 0 Å². The van der Waals surface area contributed by atoms with Crippen molar-refractivity contribution in [1.82, 2.24) is 4.57 Å². The summed E-state index contributed by atoms with van der Waals surface area (Å²) in [4.78, 5) is 0.303. The minimum absolute atomic E-state index is 0.124. The summed E-state index contributed by atoms with van der Waals surface area (Å²) < 4.78 is 25.8. The Bertz CT molecular complexity index is 1060. The number of nitrogens with two attached hydrogens (primary N) is 1. The second kappa shape index (κ2) is 8.95. The average Bonchev–Trinajstić information content (AvgIpc) is 3.05. The number of hydrogen-bond donors (Lipinski definition) is 2. The van der Waals surface area contributed by atoms with E-state index >= 15 is 0 Å². The number of para-hydroxylation sites is 1. The van der Waals surface area contributed by atoms with E-state index in [-0.39, 0.29) is 12.6 Å². The van der Waals surface area contributed by atoms with Crippen LogP contribution < -0.4 is 5.73 Å². The summed E-state index contributed by atoms with van der Waals surface area (Å²) in [5.41, 5.74) is 11.5. The molecule has 0 saturated carbocycles. The van der Waals surface area contributed by atoms with E-state index in [4.69, 9.17) is 10.8 Å². The Balaban J connectivity index is 2.08. The van der Waals surface area contributed by atoms with Crippen LogP contribution in [0.1, 0.15) is 36.6 Å². The van der Waals surface area contributed by atoms with E-state index < -0.39 is 9.84 Å². The first kappa shape index (κ1) is 21.3. The highest BCUT2D eigenvalue weighted by Crippen LogP contribution is 2.33. The number of aromatic nitrogens is 1. The molecule has 6 heteroatoms. The lowest BCUT2D eigenvalue weighted by Crippen LogP contribution is -2.11. The molecule has 5 nitrogen and oxygen atoms in total. The maximum absolute atomic E-state index is 11.8. The monoisotopic (exact) mass is 412 g/mol. The van der Waals surface area contributed by atoms with Crippen molar-refractivity contribution in [3.8, 4) is 16.9 Å². The lowest BCUT2D eigenvalue weighted by molar-refractivity contribution is 0.281. The number of aliphatic hydroxyl groups is 1. The second-order valence-corrected chi connectivity index (χ2v) is 9.38. The number of sulfone groups is 1. The van der Waals surface area contributed by atoms with Gasteiger partial charge in [-0.3, -0.25) is 0 Å². The van der Waals surface area contributed by atoms with Gasteiger partial charge in [0.05, 0.1) is 10.6 Å². The van der Waals surface area contributed by atoms with Gasteiger partial charge in [-0.05, 0) is 67.6 Å². The molecule has 29 heavy (non-hydrogen) atoms. The van der Waals surface area contributed by atoms with E-state index in [0.717, 1.165) is 47.5 Å². The van der Waals surface area contributed by atoms with Gasteiger partial charge in [0.2, 0.25) is 0 Å². The molecule has 3 N–H and O–H groups in total. The van der Waals surface area contributed by atoms with Crippen LogP contribution in [0.3, 0.4) is 0 Å². The van der Waals surface area contributed by atoms with Crippen LogP contribution >= 0.6 is 0 Å². The number of nitrogens with zero attached hydrogens (tertiary/aromatic N) is 1. The van der Waals surface area contributed by atoms with Crippen molar-refractivity contribution < 1.29 is 13.5 Å². The molecule has 0 aliphatic heterocycles. The maximum Gasteiger partial charge on any atom is 0.175 e. The number of aliphatic hydroxyl groups excluding tert-OH is 1. The fourth-order valence-electron chi connectivity index (χ4n) is 3.63. The number of benzene rings is 2. The first-order valence-electron chi connectivity index (χ1n) is 9.77. The van der Waals surface area contributed by atoms with Crippen molar-refractivity contribution in [2.75, 3.05) is 12.9 Å². The lowest BCUT2D eigenvalue weighted by atomic mass is 10.0. The van der Waals surface area contributed by atoms with E-state index in [1.54, 1.807) is 12.1 Å². The van der Waals surface area contributed by atoms with Crippen molar-refractivity contribution >= 4 is 9.84 Å². The average molecular weight is 413 g/mol. The molecule has 0 saturated heterocycles. The predicted molar refractivity (Wildman–Crippen MR) is 117 cm³/mol. The molecule has 0 aliphatic rings. The normalized spacial score (nSPS) is 12.8. The van der Waals surface area contributed by atoms with E-state index in [1.165, 1.54) is 6.26 Å². The lowest BCUT2D eigenvalue weighted by Gasteiger charge is -2.14. The van der Waals surface area contributed by atoms with Gasteiger partial charge in [-0.15, -0.1) is 0 Å². The zero-order valence-electron chi connectivity index (χ0n) is 16.9. The molecule has 3 aromatic rings. The van der Waals surface area contributed by atoms with Gasteiger partial charge in [-0.2, -0.15) is 0 Å². The van der Waals surface area contributed by atoms with Gasteiger partial charge in [0.1, 0.15) is 0 Å². The fraction of sp³-hybridized carbons (Fsp3) is 0.304. The quantitative estimate of drug-likeness (QED) is 0.547. The van der Waals surface area contributed by atoms with Gasteiger partial charge in [0, 0.05) is 30.3 Å². The first-order chi connectivity index (χ1) is 13.8. The Morgan fingerprint density at radius 1 is 1.03 bits per heavy atom. The minimum Gasteiger partial charge on any atom is -0.396 e. The maximum atomic E-state index is 11.8. The van der Waals surface area contributed by atoms with Crippen molar-refractivity contribution in [2.45, 2.75) is 37.1 Å². The van der Waals surface area contributed by atoms with Gasteiger partial charge in [-0.1, -0.05) is 30.3 Å². The van der Waals surface area contributed by atoms with Crippen LogP contribution in [0.2, 0.25) is 0 Å². The molecular formula is C23H28N2O3S. The SMILES string of the molecule is Cc1c(C(N)CCCCO)cc(-c2ccc(S(C)(=O)=O)cc2)n1-c1ccccc1. The molecular weight excluding hydrogens is 384 g/mol. The molecule has 0 spiro atoms. The Morgan fingerprint density at radius 3 is 2.28 bits per heavy atom. The van der Waals surface area contributed by atoms with Gasteiger partial charge in [0.15, 0.2) is 9.84 Å². The molecule has 0 fully saturated rings. The summed E-state index contributed by atoms with van der Waals surface area (Å²) in [6.07, 6.45) is 3.62. The van der Waals surface area contributed by atoms with Crippen LogP contribution in [-0.2, 0) is 9.84 Å². The van der Waals surface area contributed by atoms with Crippen LogP contribution in [0.25, 0.3) is 16.9 Å². The molecule has 0 radical (unpaired) electrons. The first-order valence-corrected chi connectivity index (χ1v) is 11.7. The predicted octanol–water partition coefficient (Wildman–Crippen LogP) is 4.02. The van der Waals surface area contributed by atoms with Crippen LogP contribution in [0, 0.1) is 6.92 Å².